The zero-order valence-corrected chi connectivity index (χ0v) is 17.2. The largest absolute Gasteiger partial charge is 0.420 e. The third-order valence-electron chi connectivity index (χ3n) is 5.86. The summed E-state index contributed by atoms with van der Waals surface area (Å²) < 4.78 is 33.7. The molecular formula is C20H27N3O5S. The van der Waals surface area contributed by atoms with Crippen LogP contribution in [0.1, 0.15) is 51.4 Å². The number of nitrogens with zero attached hydrogens (tertiary/aromatic N) is 2. The maximum Gasteiger partial charge on any atom is 0.420 e. The van der Waals surface area contributed by atoms with E-state index in [-0.39, 0.29) is 29.0 Å². The molecule has 2 aromatic rings. The van der Waals surface area contributed by atoms with E-state index < -0.39 is 15.8 Å². The smallest absolute Gasteiger partial charge is 0.408 e. The first-order chi connectivity index (χ1) is 13.9. The molecule has 2 heterocycles. The second kappa shape index (κ2) is 8.31. The molecule has 0 radical (unpaired) electrons. The molecule has 0 unspecified atom stereocenters. The summed E-state index contributed by atoms with van der Waals surface area (Å²) in [7, 11) is -3.62. The Labute approximate surface area is 169 Å². The Kier molecular flexibility index (Phi) is 5.78. The molecule has 158 valence electrons. The highest BCUT2D eigenvalue weighted by molar-refractivity contribution is 7.89. The molecule has 1 amide bonds. The van der Waals surface area contributed by atoms with Gasteiger partial charge in [0.25, 0.3) is 0 Å². The van der Waals surface area contributed by atoms with Gasteiger partial charge in [-0.2, -0.15) is 4.31 Å². The zero-order chi connectivity index (χ0) is 20.4. The zero-order valence-electron chi connectivity index (χ0n) is 16.4. The third-order valence-corrected chi connectivity index (χ3v) is 7.76. The fourth-order valence-electron chi connectivity index (χ4n) is 4.28. The molecule has 8 nitrogen and oxygen atoms in total. The number of carbonyl (C=O) groups is 1. The van der Waals surface area contributed by atoms with Gasteiger partial charge in [0.2, 0.25) is 15.9 Å². The number of oxazole rings is 1. The van der Waals surface area contributed by atoms with Crippen LogP contribution in [0.15, 0.2) is 32.3 Å². The number of piperidine rings is 1. The van der Waals surface area contributed by atoms with Gasteiger partial charge in [0.05, 0.1) is 10.4 Å². The van der Waals surface area contributed by atoms with Gasteiger partial charge in [-0.15, -0.1) is 0 Å². The Bertz CT molecular complexity index is 1040. The summed E-state index contributed by atoms with van der Waals surface area (Å²) in [5, 5.41) is 2.98. The fourth-order valence-corrected chi connectivity index (χ4v) is 5.81. The van der Waals surface area contributed by atoms with Crippen LogP contribution < -0.4 is 11.1 Å². The Morgan fingerprint density at radius 2 is 1.76 bits per heavy atom. The summed E-state index contributed by atoms with van der Waals surface area (Å²) in [6.45, 7) is 0.875. The average Bonchev–Trinajstić information content (AvgIpc) is 3.03. The Morgan fingerprint density at radius 1 is 1.07 bits per heavy atom. The van der Waals surface area contributed by atoms with Crippen molar-refractivity contribution < 1.29 is 17.6 Å². The van der Waals surface area contributed by atoms with Crippen LogP contribution >= 0.6 is 0 Å². The second-order valence-electron chi connectivity index (χ2n) is 7.95. The molecule has 0 spiro atoms. The van der Waals surface area contributed by atoms with Crippen LogP contribution in [0.2, 0.25) is 0 Å². The van der Waals surface area contributed by atoms with Crippen molar-refractivity contribution in [3.8, 4) is 0 Å². The number of rotatable bonds is 5. The molecule has 2 aliphatic rings. The van der Waals surface area contributed by atoms with E-state index in [9.17, 15) is 18.0 Å². The van der Waals surface area contributed by atoms with Gasteiger partial charge in [-0.25, -0.2) is 13.2 Å². The highest BCUT2D eigenvalue weighted by Gasteiger charge is 2.27. The monoisotopic (exact) mass is 421 g/mol. The van der Waals surface area contributed by atoms with Crippen LogP contribution in [0, 0.1) is 0 Å². The summed E-state index contributed by atoms with van der Waals surface area (Å²) in [5.74, 6) is -0.891. The summed E-state index contributed by atoms with van der Waals surface area (Å²) in [6.07, 6.45) is 8.06. The van der Waals surface area contributed by atoms with Crippen LogP contribution in [0.25, 0.3) is 11.1 Å². The maximum atomic E-state index is 12.9. The fraction of sp³-hybridized carbons (Fsp3) is 0.600. The number of fused-ring (bicyclic) bond motifs is 1. The number of carbonyl (C=O) groups excluding carboxylic acids is 1. The van der Waals surface area contributed by atoms with Crippen molar-refractivity contribution in [1.29, 1.82) is 0 Å². The van der Waals surface area contributed by atoms with E-state index in [0.717, 1.165) is 44.9 Å². The molecule has 1 aromatic carbocycles. The molecule has 1 saturated carbocycles. The van der Waals surface area contributed by atoms with Crippen LogP contribution in [0.4, 0.5) is 0 Å². The standard InChI is InChI=1S/C20H27N3O5S/c24-19(21-15-7-3-1-4-8-15)14-23-17-10-9-16(13-18(17)28-20(23)25)29(26,27)22-11-5-2-6-12-22/h9-10,13,15H,1-8,11-12,14H2,(H,21,24). The molecule has 1 aromatic heterocycles. The number of nitrogens with one attached hydrogen (secondary N) is 1. The Hall–Kier alpha value is -2.13. The number of aromatic nitrogens is 1. The van der Waals surface area contributed by atoms with Gasteiger partial charge in [0, 0.05) is 25.2 Å². The quantitative estimate of drug-likeness (QED) is 0.798. The van der Waals surface area contributed by atoms with E-state index in [1.165, 1.54) is 27.4 Å². The molecule has 2 fully saturated rings. The molecule has 4 rings (SSSR count). The van der Waals surface area contributed by atoms with Gasteiger partial charge in [-0.1, -0.05) is 25.7 Å². The number of sulfonamides is 1. The lowest BCUT2D eigenvalue weighted by molar-refractivity contribution is -0.122. The first-order valence-electron chi connectivity index (χ1n) is 10.4. The molecule has 0 atom stereocenters. The lowest BCUT2D eigenvalue weighted by Gasteiger charge is -2.25. The van der Waals surface area contributed by atoms with Crippen molar-refractivity contribution in [2.75, 3.05) is 13.1 Å². The topological polar surface area (TPSA) is 102 Å². The summed E-state index contributed by atoms with van der Waals surface area (Å²) in [5.41, 5.74) is 0.602. The Balaban J connectivity index is 1.55. The minimum atomic E-state index is -3.62. The van der Waals surface area contributed by atoms with E-state index in [2.05, 4.69) is 5.32 Å². The Morgan fingerprint density at radius 3 is 2.48 bits per heavy atom. The van der Waals surface area contributed by atoms with E-state index in [0.29, 0.717) is 18.6 Å². The number of hydrogen-bond donors (Lipinski definition) is 1. The molecule has 29 heavy (non-hydrogen) atoms. The number of hydrogen-bond acceptors (Lipinski definition) is 5. The van der Waals surface area contributed by atoms with Gasteiger partial charge < -0.3 is 9.73 Å². The first kappa shape index (κ1) is 20.2. The molecule has 1 aliphatic heterocycles. The normalized spacial score (nSPS) is 19.4. The minimum absolute atomic E-state index is 0.111. The summed E-state index contributed by atoms with van der Waals surface area (Å²) >= 11 is 0. The molecular weight excluding hydrogens is 394 g/mol. The van der Waals surface area contributed by atoms with E-state index in [1.54, 1.807) is 6.07 Å². The van der Waals surface area contributed by atoms with Gasteiger partial charge in [0.1, 0.15) is 6.54 Å². The molecule has 1 N–H and O–H groups in total. The van der Waals surface area contributed by atoms with Crippen molar-refractivity contribution in [3.05, 3.63) is 28.7 Å². The van der Waals surface area contributed by atoms with Crippen molar-refractivity contribution in [3.63, 3.8) is 0 Å². The lowest BCUT2D eigenvalue weighted by atomic mass is 9.95. The predicted molar refractivity (Wildman–Crippen MR) is 108 cm³/mol. The van der Waals surface area contributed by atoms with E-state index in [1.807, 2.05) is 0 Å². The molecule has 9 heteroatoms. The predicted octanol–water partition coefficient (Wildman–Crippen LogP) is 2.22. The van der Waals surface area contributed by atoms with Gasteiger partial charge in [-0.3, -0.25) is 9.36 Å². The third kappa shape index (κ3) is 4.25. The molecule has 1 saturated heterocycles. The summed E-state index contributed by atoms with van der Waals surface area (Å²) in [4.78, 5) is 24.8. The van der Waals surface area contributed by atoms with Crippen molar-refractivity contribution >= 4 is 27.0 Å². The highest BCUT2D eigenvalue weighted by atomic mass is 32.2. The van der Waals surface area contributed by atoms with Crippen LogP contribution in [-0.4, -0.2) is 42.3 Å². The van der Waals surface area contributed by atoms with Crippen molar-refractivity contribution in [1.82, 2.24) is 14.2 Å². The van der Waals surface area contributed by atoms with Crippen LogP contribution in [0.3, 0.4) is 0 Å². The second-order valence-corrected chi connectivity index (χ2v) is 9.89. The highest BCUT2D eigenvalue weighted by Crippen LogP contribution is 2.24. The molecule has 0 bridgehead atoms. The van der Waals surface area contributed by atoms with Gasteiger partial charge in [-0.05, 0) is 37.8 Å². The van der Waals surface area contributed by atoms with E-state index in [4.69, 9.17) is 4.42 Å². The van der Waals surface area contributed by atoms with Gasteiger partial charge >= 0.3 is 5.76 Å². The van der Waals surface area contributed by atoms with E-state index >= 15 is 0 Å². The summed E-state index contributed by atoms with van der Waals surface area (Å²) in [6, 6.07) is 4.57. The first-order valence-corrected chi connectivity index (χ1v) is 11.8. The number of benzene rings is 1. The maximum absolute atomic E-state index is 12.9. The number of amides is 1. The molecule has 1 aliphatic carbocycles. The average molecular weight is 422 g/mol. The van der Waals surface area contributed by atoms with Crippen molar-refractivity contribution in [2.24, 2.45) is 0 Å². The minimum Gasteiger partial charge on any atom is -0.408 e. The van der Waals surface area contributed by atoms with Crippen LogP contribution in [-0.2, 0) is 21.4 Å². The van der Waals surface area contributed by atoms with Crippen LogP contribution in [0.5, 0.6) is 0 Å². The van der Waals surface area contributed by atoms with Crippen molar-refractivity contribution in [2.45, 2.75) is 68.8 Å². The lowest BCUT2D eigenvalue weighted by Crippen LogP contribution is -2.39. The SMILES string of the molecule is O=C(Cn1c(=O)oc2cc(S(=O)(=O)N3CCCCC3)ccc21)NC1CCCCC1. The van der Waals surface area contributed by atoms with Gasteiger partial charge in [0.15, 0.2) is 5.58 Å².